The third kappa shape index (κ3) is 7.32. The van der Waals surface area contributed by atoms with Gasteiger partial charge in [-0.3, -0.25) is 13.7 Å². The van der Waals surface area contributed by atoms with Crippen molar-refractivity contribution in [1.29, 1.82) is 0 Å². The van der Waals surface area contributed by atoms with E-state index < -0.39 is 77.3 Å². The summed E-state index contributed by atoms with van der Waals surface area (Å²) in [5.41, 5.74) is 12.2. The number of fused-ring (bicyclic) bond motifs is 1. The van der Waals surface area contributed by atoms with E-state index in [1.54, 1.807) is 29.1 Å². The predicted octanol–water partition coefficient (Wildman–Crippen LogP) is -1.98. The van der Waals surface area contributed by atoms with Gasteiger partial charge in [-0.2, -0.15) is 4.57 Å². The van der Waals surface area contributed by atoms with Crippen LogP contribution in [0.5, 0.6) is 0 Å². The smallest absolute Gasteiger partial charge is 0.340 e. The number of pyridine rings is 1. The topological polar surface area (TPSA) is 292 Å². The van der Waals surface area contributed by atoms with E-state index >= 15 is 0 Å². The van der Waals surface area contributed by atoms with Crippen molar-refractivity contribution >= 4 is 32.2 Å². The highest BCUT2D eigenvalue weighted by Gasteiger charge is 2.46. The van der Waals surface area contributed by atoms with Gasteiger partial charge in [-0.05, 0) is 6.07 Å². The van der Waals surface area contributed by atoms with Gasteiger partial charge in [0.05, 0.1) is 31.2 Å². The Hall–Kier alpha value is -2.48. The Labute approximate surface area is 249 Å². The van der Waals surface area contributed by atoms with Gasteiger partial charge in [0.1, 0.15) is 49.1 Å². The third-order valence-electron chi connectivity index (χ3n) is 7.29. The second-order valence-electron chi connectivity index (χ2n) is 10.5. The number of nitrogens with zero attached hydrogens (tertiary/aromatic N) is 5. The van der Waals surface area contributed by atoms with E-state index in [9.17, 15) is 39.3 Å². The Morgan fingerprint density at radius 3 is 2.48 bits per heavy atom. The number of imidazole rings is 1. The molecule has 10 N–H and O–H groups in total. The van der Waals surface area contributed by atoms with Gasteiger partial charge in [-0.1, -0.05) is 0 Å². The summed E-state index contributed by atoms with van der Waals surface area (Å²) >= 11 is 0. The highest BCUT2D eigenvalue weighted by atomic mass is 31.2. The number of aliphatic hydroxyl groups excluding tert-OH is 4. The SMILES string of the molecule is Nc1ncnc2c1ncn2C1OC(COP(=O)(O)CP(=O)(O)OCC2OCC([n+]3cccc(C(N)O)c3)CC2O)C(O)C1O. The Bertz CT molecular complexity index is 1560. The molecule has 0 bridgehead atoms. The fraction of sp³-hybridized carbons (Fsp3) is 0.565. The van der Waals surface area contributed by atoms with Gasteiger partial charge in [0.25, 0.3) is 0 Å². The molecule has 21 heteroatoms. The first-order valence-corrected chi connectivity index (χ1v) is 16.9. The molecule has 2 aliphatic rings. The van der Waals surface area contributed by atoms with Crippen LogP contribution in [-0.4, -0.2) is 106 Å². The summed E-state index contributed by atoms with van der Waals surface area (Å²) in [5.74, 6) is -1.21. The maximum atomic E-state index is 12.7. The van der Waals surface area contributed by atoms with Gasteiger partial charge >= 0.3 is 15.2 Å². The summed E-state index contributed by atoms with van der Waals surface area (Å²) in [6, 6.07) is 2.99. The molecule has 19 nitrogen and oxygen atoms in total. The fourth-order valence-electron chi connectivity index (χ4n) is 4.97. The minimum Gasteiger partial charge on any atom is -0.390 e. The van der Waals surface area contributed by atoms with Crippen molar-refractivity contribution < 1.29 is 62.4 Å². The Morgan fingerprint density at radius 2 is 1.80 bits per heavy atom. The number of rotatable bonds is 11. The van der Waals surface area contributed by atoms with Crippen LogP contribution < -0.4 is 16.0 Å². The van der Waals surface area contributed by atoms with Gasteiger partial charge in [-0.25, -0.2) is 15.0 Å². The average molecular weight is 663 g/mol. The number of ether oxygens (including phenoxy) is 2. The Kier molecular flexibility index (Phi) is 9.79. The first kappa shape index (κ1) is 32.9. The molecule has 10 atom stereocenters. The maximum Gasteiger partial charge on any atom is 0.340 e. The fourth-order valence-corrected chi connectivity index (χ4v) is 8.19. The molecule has 10 unspecified atom stereocenters. The number of aromatic nitrogens is 5. The largest absolute Gasteiger partial charge is 0.390 e. The van der Waals surface area contributed by atoms with E-state index in [1.807, 2.05) is 0 Å². The quantitative estimate of drug-likeness (QED) is 0.0627. The van der Waals surface area contributed by atoms with Crippen molar-refractivity contribution in [3.05, 3.63) is 42.7 Å². The summed E-state index contributed by atoms with van der Waals surface area (Å²) in [6.45, 7) is -1.18. The second-order valence-corrected chi connectivity index (χ2v) is 14.7. The predicted molar refractivity (Wildman–Crippen MR) is 147 cm³/mol. The standard InChI is InChI=1S/C23H33N7O12P2/c24-20-17-22(27-9-26-20)30(10-28-17)23-19(33)18(32)16(42-23)8-41-44(37,38)11-43(35,36)40-7-15-14(31)4-13(6-39-15)29-3-1-2-12(5-29)21(25)34/h1-3,5,9-10,13-16,18-19,21,23,31-34H,4,6-8,11,25H2,(H3-,24,26,27,35,36,37,38)/p+1. The molecule has 0 aliphatic carbocycles. The highest BCUT2D eigenvalue weighted by molar-refractivity contribution is 7.70. The highest BCUT2D eigenvalue weighted by Crippen LogP contribution is 2.58. The van der Waals surface area contributed by atoms with Crippen LogP contribution in [0.15, 0.2) is 37.2 Å². The maximum absolute atomic E-state index is 12.7. The van der Waals surface area contributed by atoms with Crippen molar-refractivity contribution in [3.8, 4) is 0 Å². The van der Waals surface area contributed by atoms with E-state index in [0.717, 1.165) is 0 Å². The first-order valence-electron chi connectivity index (χ1n) is 13.4. The van der Waals surface area contributed by atoms with Gasteiger partial charge in [-0.15, -0.1) is 0 Å². The molecule has 5 heterocycles. The Morgan fingerprint density at radius 1 is 1.09 bits per heavy atom. The monoisotopic (exact) mass is 662 g/mol. The second kappa shape index (κ2) is 13.1. The molecular formula is C23H34N7O12P2+. The van der Waals surface area contributed by atoms with Gasteiger partial charge in [0.15, 0.2) is 42.0 Å². The van der Waals surface area contributed by atoms with Crippen LogP contribution in [0.4, 0.5) is 5.82 Å². The summed E-state index contributed by atoms with van der Waals surface area (Å²) in [7, 11) is -9.53. The molecule has 0 aromatic carbocycles. The molecule has 5 rings (SSSR count). The normalized spacial score (nSPS) is 31.0. The molecule has 2 fully saturated rings. The van der Waals surface area contributed by atoms with Crippen LogP contribution in [-0.2, 0) is 27.7 Å². The van der Waals surface area contributed by atoms with E-state index in [4.69, 9.17) is 30.0 Å². The summed E-state index contributed by atoms with van der Waals surface area (Å²) in [5, 5.41) is 41.1. The molecule has 3 aromatic rings. The summed E-state index contributed by atoms with van der Waals surface area (Å²) < 4.78 is 49.5. The van der Waals surface area contributed by atoms with Crippen LogP contribution in [0.3, 0.4) is 0 Å². The number of nitrogen functional groups attached to an aromatic ring is 1. The lowest BCUT2D eigenvalue weighted by Crippen LogP contribution is -2.51. The van der Waals surface area contributed by atoms with Crippen LogP contribution in [0, 0.1) is 0 Å². The molecule has 0 amide bonds. The van der Waals surface area contributed by atoms with Gasteiger partial charge < -0.3 is 60.2 Å². The molecule has 2 saturated heterocycles. The zero-order valence-corrected chi connectivity index (χ0v) is 24.8. The molecule has 0 radical (unpaired) electrons. The van der Waals surface area contributed by atoms with Crippen LogP contribution in [0.1, 0.15) is 30.5 Å². The first-order chi connectivity index (χ1) is 20.7. The lowest BCUT2D eigenvalue weighted by atomic mass is 10.0. The minimum absolute atomic E-state index is 0.0847. The number of aliphatic hydroxyl groups is 4. The van der Waals surface area contributed by atoms with Gasteiger partial charge in [0.2, 0.25) is 0 Å². The molecule has 242 valence electrons. The molecular weight excluding hydrogens is 628 g/mol. The van der Waals surface area contributed by atoms with Crippen molar-refractivity contribution in [2.45, 2.75) is 55.4 Å². The molecule has 3 aromatic heterocycles. The van der Waals surface area contributed by atoms with Crippen molar-refractivity contribution in [1.82, 2.24) is 19.5 Å². The summed E-state index contributed by atoms with van der Waals surface area (Å²) in [6.07, 6.45) is -2.93. The molecule has 0 spiro atoms. The minimum atomic E-state index is -4.79. The zero-order valence-electron chi connectivity index (χ0n) is 23.0. The van der Waals surface area contributed by atoms with Crippen LogP contribution in [0.25, 0.3) is 11.2 Å². The van der Waals surface area contributed by atoms with Crippen molar-refractivity contribution in [2.75, 3.05) is 31.5 Å². The van der Waals surface area contributed by atoms with Crippen LogP contribution in [0.2, 0.25) is 0 Å². The molecule has 44 heavy (non-hydrogen) atoms. The molecule has 2 aliphatic heterocycles. The van der Waals surface area contributed by atoms with E-state index in [0.29, 0.717) is 5.56 Å². The van der Waals surface area contributed by atoms with E-state index in [2.05, 4.69) is 15.0 Å². The number of hydrogen-bond acceptors (Lipinski definition) is 15. The third-order valence-corrected chi connectivity index (χ3v) is 11.3. The van der Waals surface area contributed by atoms with Crippen LogP contribution >= 0.6 is 15.2 Å². The van der Waals surface area contributed by atoms with Crippen molar-refractivity contribution in [3.63, 3.8) is 0 Å². The molecule has 0 saturated carbocycles. The summed E-state index contributed by atoms with van der Waals surface area (Å²) in [4.78, 5) is 32.4. The lowest BCUT2D eigenvalue weighted by molar-refractivity contribution is -0.730. The lowest BCUT2D eigenvalue weighted by Gasteiger charge is -2.31. The average Bonchev–Trinajstić information content (AvgIpc) is 3.52. The van der Waals surface area contributed by atoms with Crippen molar-refractivity contribution in [2.24, 2.45) is 5.73 Å². The number of nitrogens with two attached hydrogens (primary N) is 2. The van der Waals surface area contributed by atoms with Gasteiger partial charge in [0, 0.05) is 12.5 Å². The number of anilines is 1. The van der Waals surface area contributed by atoms with E-state index in [1.165, 1.54) is 17.2 Å². The zero-order chi connectivity index (χ0) is 31.8. The Balaban J connectivity index is 1.12. The van der Waals surface area contributed by atoms with E-state index in [-0.39, 0.29) is 36.1 Å². The number of hydrogen-bond donors (Lipinski definition) is 8.